The predicted octanol–water partition coefficient (Wildman–Crippen LogP) is 2.69. The number of nitrogens with two attached hydrogens (primary N) is 2. The van der Waals surface area contributed by atoms with Gasteiger partial charge in [-0.05, 0) is 18.2 Å². The summed E-state index contributed by atoms with van der Waals surface area (Å²) in [6.45, 7) is 0. The number of hydrogen-bond acceptors (Lipinski definition) is 4. The maximum absolute atomic E-state index is 5.94. The lowest BCUT2D eigenvalue weighted by atomic mass is 10.3. The van der Waals surface area contributed by atoms with Crippen molar-refractivity contribution in [3.8, 4) is 11.6 Å². The van der Waals surface area contributed by atoms with E-state index >= 15 is 0 Å². The van der Waals surface area contributed by atoms with E-state index in [1.807, 2.05) is 12.1 Å². The molecule has 0 saturated heterocycles. The van der Waals surface area contributed by atoms with E-state index in [4.69, 9.17) is 27.8 Å². The lowest BCUT2D eigenvalue weighted by Gasteiger charge is -2.07. The van der Waals surface area contributed by atoms with Crippen LogP contribution in [-0.4, -0.2) is 4.98 Å². The maximum atomic E-state index is 5.94. The van der Waals surface area contributed by atoms with Crippen LogP contribution in [0.2, 0.25) is 5.02 Å². The Balaban J connectivity index is 2.28. The van der Waals surface area contributed by atoms with Crippen molar-refractivity contribution in [1.29, 1.82) is 0 Å². The first-order chi connectivity index (χ1) is 7.66. The van der Waals surface area contributed by atoms with Gasteiger partial charge in [-0.2, -0.15) is 4.98 Å². The summed E-state index contributed by atoms with van der Waals surface area (Å²) < 4.78 is 5.47. The lowest BCUT2D eigenvalue weighted by Crippen LogP contribution is -1.98. The molecule has 16 heavy (non-hydrogen) atoms. The molecule has 5 heteroatoms. The molecule has 0 atom stereocenters. The van der Waals surface area contributed by atoms with Crippen LogP contribution in [0, 0.1) is 0 Å². The molecule has 82 valence electrons. The quantitative estimate of drug-likeness (QED) is 0.839. The Morgan fingerprint density at radius 2 is 1.81 bits per heavy atom. The molecule has 0 spiro atoms. The van der Waals surface area contributed by atoms with E-state index in [-0.39, 0.29) is 5.82 Å². The molecule has 0 aliphatic carbocycles. The molecule has 0 bridgehead atoms. The summed E-state index contributed by atoms with van der Waals surface area (Å²) in [5.41, 5.74) is 11.5. The molecule has 0 aliphatic heterocycles. The molecule has 4 N–H and O–H groups in total. The first kappa shape index (κ1) is 10.6. The molecular formula is C11H10ClN3O. The minimum atomic E-state index is 0.240. The van der Waals surface area contributed by atoms with Crippen molar-refractivity contribution < 1.29 is 4.74 Å². The van der Waals surface area contributed by atoms with Gasteiger partial charge in [0.1, 0.15) is 5.75 Å². The van der Waals surface area contributed by atoms with Crippen molar-refractivity contribution in [2.24, 2.45) is 0 Å². The van der Waals surface area contributed by atoms with E-state index in [1.165, 1.54) is 0 Å². The molecule has 0 fully saturated rings. The fourth-order valence-corrected chi connectivity index (χ4v) is 1.34. The Morgan fingerprint density at radius 1 is 1.06 bits per heavy atom. The van der Waals surface area contributed by atoms with Gasteiger partial charge in [0.2, 0.25) is 5.88 Å². The fourth-order valence-electron chi connectivity index (χ4n) is 1.16. The Kier molecular flexibility index (Phi) is 2.83. The van der Waals surface area contributed by atoms with Crippen molar-refractivity contribution in [2.45, 2.75) is 0 Å². The third kappa shape index (κ3) is 2.17. The number of pyridine rings is 1. The van der Waals surface area contributed by atoms with Crippen molar-refractivity contribution in [3.63, 3.8) is 0 Å². The van der Waals surface area contributed by atoms with E-state index in [0.29, 0.717) is 22.3 Å². The number of aromatic nitrogens is 1. The number of hydrogen-bond donors (Lipinski definition) is 2. The summed E-state index contributed by atoms with van der Waals surface area (Å²) in [5.74, 6) is 1.13. The van der Waals surface area contributed by atoms with Gasteiger partial charge in [0.05, 0.1) is 10.7 Å². The van der Waals surface area contributed by atoms with Crippen molar-refractivity contribution in [2.75, 3.05) is 11.5 Å². The van der Waals surface area contributed by atoms with Crippen molar-refractivity contribution in [3.05, 3.63) is 41.4 Å². The number of halogens is 1. The molecule has 4 nitrogen and oxygen atoms in total. The molecule has 1 aromatic heterocycles. The second-order valence-corrected chi connectivity index (χ2v) is 3.56. The molecular weight excluding hydrogens is 226 g/mol. The number of rotatable bonds is 2. The van der Waals surface area contributed by atoms with Crippen LogP contribution >= 0.6 is 11.6 Å². The second kappa shape index (κ2) is 4.28. The van der Waals surface area contributed by atoms with Gasteiger partial charge in [-0.15, -0.1) is 0 Å². The fraction of sp³-hybridized carbons (Fsp3) is 0. The predicted molar refractivity (Wildman–Crippen MR) is 64.6 cm³/mol. The molecule has 0 unspecified atom stereocenters. The second-order valence-electron chi connectivity index (χ2n) is 3.16. The first-order valence-electron chi connectivity index (χ1n) is 4.61. The summed E-state index contributed by atoms with van der Waals surface area (Å²) in [7, 11) is 0. The molecule has 0 aliphatic rings. The zero-order valence-corrected chi connectivity index (χ0v) is 9.11. The summed E-state index contributed by atoms with van der Waals surface area (Å²) in [6.07, 6.45) is 0. The molecule has 0 radical (unpaired) electrons. The van der Waals surface area contributed by atoms with Crippen LogP contribution in [0.15, 0.2) is 36.4 Å². The van der Waals surface area contributed by atoms with Crippen LogP contribution in [0.4, 0.5) is 11.5 Å². The van der Waals surface area contributed by atoms with Gasteiger partial charge in [-0.3, -0.25) is 0 Å². The monoisotopic (exact) mass is 235 g/mol. The zero-order chi connectivity index (χ0) is 11.5. The summed E-state index contributed by atoms with van der Waals surface area (Å²) in [4.78, 5) is 3.98. The van der Waals surface area contributed by atoms with Gasteiger partial charge in [-0.25, -0.2) is 0 Å². The van der Waals surface area contributed by atoms with Crippen LogP contribution in [0.5, 0.6) is 11.6 Å². The maximum Gasteiger partial charge on any atom is 0.221 e. The van der Waals surface area contributed by atoms with Crippen LogP contribution in [-0.2, 0) is 0 Å². The number of anilines is 2. The highest BCUT2D eigenvalue weighted by Crippen LogP contribution is 2.28. The number of ether oxygens (including phenoxy) is 1. The summed E-state index contributed by atoms with van der Waals surface area (Å²) >= 11 is 5.94. The van der Waals surface area contributed by atoms with E-state index in [1.54, 1.807) is 24.3 Å². The zero-order valence-electron chi connectivity index (χ0n) is 8.35. The third-order valence-corrected chi connectivity index (χ3v) is 2.30. The van der Waals surface area contributed by atoms with E-state index in [9.17, 15) is 0 Å². The highest BCUT2D eigenvalue weighted by molar-refractivity contribution is 6.32. The molecule has 1 heterocycles. The average Bonchev–Trinajstić information content (AvgIpc) is 2.27. The van der Waals surface area contributed by atoms with Gasteiger partial charge in [0.25, 0.3) is 0 Å². The van der Waals surface area contributed by atoms with Crippen LogP contribution in [0.3, 0.4) is 0 Å². The SMILES string of the molecule is Nc1ccc(Oc2ccccc2Cl)nc1N. The Bertz CT molecular complexity index is 516. The normalized spacial score (nSPS) is 10.1. The molecule has 1 aromatic carbocycles. The third-order valence-electron chi connectivity index (χ3n) is 1.98. The Morgan fingerprint density at radius 3 is 2.50 bits per heavy atom. The largest absolute Gasteiger partial charge is 0.437 e. The molecule has 0 amide bonds. The highest BCUT2D eigenvalue weighted by atomic mass is 35.5. The van der Waals surface area contributed by atoms with Gasteiger partial charge < -0.3 is 16.2 Å². The smallest absolute Gasteiger partial charge is 0.221 e. The number of nitrogen functional groups attached to an aromatic ring is 2. The summed E-state index contributed by atoms with van der Waals surface area (Å²) in [6, 6.07) is 10.4. The van der Waals surface area contributed by atoms with Gasteiger partial charge in [-0.1, -0.05) is 23.7 Å². The van der Waals surface area contributed by atoms with Crippen LogP contribution < -0.4 is 16.2 Å². The number of para-hydroxylation sites is 1. The van der Waals surface area contributed by atoms with Crippen molar-refractivity contribution in [1.82, 2.24) is 4.98 Å². The standard InChI is InChI=1S/C11H10ClN3O/c12-7-3-1-2-4-9(7)16-10-6-5-8(13)11(14)15-10/h1-6H,13H2,(H2,14,15). The topological polar surface area (TPSA) is 74.2 Å². The summed E-state index contributed by atoms with van der Waals surface area (Å²) in [5, 5.41) is 0.514. The molecule has 2 aromatic rings. The van der Waals surface area contributed by atoms with Crippen LogP contribution in [0.25, 0.3) is 0 Å². The number of benzene rings is 1. The Labute approximate surface area is 97.8 Å². The van der Waals surface area contributed by atoms with E-state index in [2.05, 4.69) is 4.98 Å². The molecule has 0 saturated carbocycles. The van der Waals surface area contributed by atoms with E-state index < -0.39 is 0 Å². The highest BCUT2D eigenvalue weighted by Gasteiger charge is 2.04. The first-order valence-corrected chi connectivity index (χ1v) is 4.99. The van der Waals surface area contributed by atoms with Crippen LogP contribution in [0.1, 0.15) is 0 Å². The van der Waals surface area contributed by atoms with E-state index in [0.717, 1.165) is 0 Å². The Hall–Kier alpha value is -1.94. The minimum absolute atomic E-state index is 0.240. The van der Waals surface area contributed by atoms with Gasteiger partial charge >= 0.3 is 0 Å². The van der Waals surface area contributed by atoms with Crippen molar-refractivity contribution >= 4 is 23.1 Å². The molecule has 2 rings (SSSR count). The van der Waals surface area contributed by atoms with Gasteiger partial charge in [0, 0.05) is 6.07 Å². The lowest BCUT2D eigenvalue weighted by molar-refractivity contribution is 0.464. The van der Waals surface area contributed by atoms with Gasteiger partial charge in [0.15, 0.2) is 5.82 Å². The minimum Gasteiger partial charge on any atom is -0.437 e. The number of nitrogens with zero attached hydrogens (tertiary/aromatic N) is 1. The average molecular weight is 236 g/mol.